The minimum Gasteiger partial charge on any atom is -0.497 e. The van der Waals surface area contributed by atoms with Crippen LogP contribution in [-0.2, 0) is 16.1 Å². The molecule has 2 heterocycles. The molecule has 1 fully saturated rings. The lowest BCUT2D eigenvalue weighted by Gasteiger charge is -2.22. The molecule has 1 unspecified atom stereocenters. The van der Waals surface area contributed by atoms with Crippen molar-refractivity contribution < 1.29 is 14.2 Å². The first-order valence-electron chi connectivity index (χ1n) is 6.74. The Hall–Kier alpha value is -1.52. The number of hydrogen-bond donors (Lipinski definition) is 1. The largest absolute Gasteiger partial charge is 0.497 e. The fourth-order valence-corrected chi connectivity index (χ4v) is 2.40. The van der Waals surface area contributed by atoms with Crippen molar-refractivity contribution in [3.8, 4) is 5.75 Å². The lowest BCUT2D eigenvalue weighted by Crippen LogP contribution is -2.22. The average molecular weight is 261 g/mol. The van der Waals surface area contributed by atoms with Crippen LogP contribution in [0.15, 0.2) is 24.3 Å². The second-order valence-corrected chi connectivity index (χ2v) is 4.85. The highest BCUT2D eigenvalue weighted by molar-refractivity contribution is 5.81. The lowest BCUT2D eigenvalue weighted by molar-refractivity contribution is -0.169. The van der Waals surface area contributed by atoms with Crippen LogP contribution in [0, 0.1) is 0 Å². The van der Waals surface area contributed by atoms with Crippen LogP contribution < -0.4 is 4.74 Å². The maximum atomic E-state index is 5.77. The van der Waals surface area contributed by atoms with Crippen LogP contribution >= 0.6 is 0 Å². The Bertz CT molecular complexity index is 543. The Morgan fingerprint density at radius 2 is 2.26 bits per heavy atom. The summed E-state index contributed by atoms with van der Waals surface area (Å²) in [6, 6.07) is 8.09. The molecule has 3 rings (SSSR count). The second kappa shape index (κ2) is 5.63. The van der Waals surface area contributed by atoms with Gasteiger partial charge < -0.3 is 19.2 Å². The first-order valence-corrected chi connectivity index (χ1v) is 6.74. The van der Waals surface area contributed by atoms with Gasteiger partial charge in [0.25, 0.3) is 0 Å². The number of benzene rings is 1. The van der Waals surface area contributed by atoms with Crippen molar-refractivity contribution in [1.29, 1.82) is 0 Å². The summed E-state index contributed by atoms with van der Waals surface area (Å²) in [6.07, 6.45) is 3.28. The number of ether oxygens (including phenoxy) is 3. The number of rotatable bonds is 4. The highest BCUT2D eigenvalue weighted by Gasteiger charge is 2.14. The topological polar surface area (TPSA) is 43.5 Å². The zero-order valence-corrected chi connectivity index (χ0v) is 11.1. The molecule has 1 aromatic carbocycles. The summed E-state index contributed by atoms with van der Waals surface area (Å²) in [6.45, 7) is 1.37. The third kappa shape index (κ3) is 2.91. The van der Waals surface area contributed by atoms with E-state index in [1.54, 1.807) is 7.11 Å². The molecule has 0 bridgehead atoms. The van der Waals surface area contributed by atoms with E-state index in [0.717, 1.165) is 41.8 Å². The minimum atomic E-state index is -0.0466. The van der Waals surface area contributed by atoms with E-state index in [0.29, 0.717) is 6.61 Å². The van der Waals surface area contributed by atoms with Gasteiger partial charge >= 0.3 is 0 Å². The maximum absolute atomic E-state index is 5.77. The third-order valence-electron chi connectivity index (χ3n) is 3.45. The highest BCUT2D eigenvalue weighted by atomic mass is 16.7. The molecule has 1 atom stereocenters. The van der Waals surface area contributed by atoms with Crippen molar-refractivity contribution in [2.75, 3.05) is 13.7 Å². The van der Waals surface area contributed by atoms with E-state index < -0.39 is 0 Å². The van der Waals surface area contributed by atoms with Gasteiger partial charge in [0.1, 0.15) is 5.75 Å². The van der Waals surface area contributed by atoms with E-state index in [-0.39, 0.29) is 6.29 Å². The molecule has 19 heavy (non-hydrogen) atoms. The van der Waals surface area contributed by atoms with Gasteiger partial charge in [-0.05, 0) is 43.5 Å². The third-order valence-corrected chi connectivity index (χ3v) is 3.45. The molecule has 1 aliphatic rings. The Morgan fingerprint density at radius 3 is 3.05 bits per heavy atom. The van der Waals surface area contributed by atoms with Crippen LogP contribution in [0.4, 0.5) is 0 Å². The van der Waals surface area contributed by atoms with Gasteiger partial charge in [-0.2, -0.15) is 0 Å². The normalized spacial score (nSPS) is 19.7. The molecule has 2 aromatic rings. The van der Waals surface area contributed by atoms with E-state index in [1.165, 1.54) is 6.42 Å². The number of methoxy groups -OCH3 is 1. The van der Waals surface area contributed by atoms with Crippen molar-refractivity contribution in [3.63, 3.8) is 0 Å². The molecule has 0 saturated carbocycles. The molecule has 1 aromatic heterocycles. The van der Waals surface area contributed by atoms with Crippen LogP contribution in [0.5, 0.6) is 5.75 Å². The Morgan fingerprint density at radius 1 is 1.32 bits per heavy atom. The Labute approximate surface area is 112 Å². The van der Waals surface area contributed by atoms with Crippen molar-refractivity contribution in [1.82, 2.24) is 4.98 Å². The van der Waals surface area contributed by atoms with Crippen LogP contribution in [0.3, 0.4) is 0 Å². The fraction of sp³-hybridized carbons (Fsp3) is 0.467. The summed E-state index contributed by atoms with van der Waals surface area (Å²) in [5.74, 6) is 0.870. The van der Waals surface area contributed by atoms with E-state index in [4.69, 9.17) is 14.2 Å². The molecule has 1 N–H and O–H groups in total. The molecular weight excluding hydrogens is 242 g/mol. The Kier molecular flexibility index (Phi) is 3.71. The summed E-state index contributed by atoms with van der Waals surface area (Å²) >= 11 is 0. The molecule has 0 spiro atoms. The molecule has 4 heteroatoms. The van der Waals surface area contributed by atoms with Crippen LogP contribution in [0.25, 0.3) is 10.9 Å². The zero-order valence-electron chi connectivity index (χ0n) is 11.1. The van der Waals surface area contributed by atoms with Crippen molar-refractivity contribution in [3.05, 3.63) is 30.0 Å². The molecule has 102 valence electrons. The van der Waals surface area contributed by atoms with E-state index in [2.05, 4.69) is 11.1 Å². The SMILES string of the molecule is COc1ccc2[nH]c(COC3CCCCO3)cc2c1. The van der Waals surface area contributed by atoms with Crippen LogP contribution in [0.2, 0.25) is 0 Å². The summed E-state index contributed by atoms with van der Waals surface area (Å²) in [5.41, 5.74) is 2.17. The molecule has 4 nitrogen and oxygen atoms in total. The summed E-state index contributed by atoms with van der Waals surface area (Å²) in [7, 11) is 1.68. The smallest absolute Gasteiger partial charge is 0.158 e. The van der Waals surface area contributed by atoms with Gasteiger partial charge in [-0.15, -0.1) is 0 Å². The van der Waals surface area contributed by atoms with Gasteiger partial charge in [0, 0.05) is 23.2 Å². The number of aromatic amines is 1. The molecule has 0 amide bonds. The number of hydrogen-bond acceptors (Lipinski definition) is 3. The minimum absolute atomic E-state index is 0.0466. The monoisotopic (exact) mass is 261 g/mol. The van der Waals surface area contributed by atoms with Crippen molar-refractivity contribution >= 4 is 10.9 Å². The van der Waals surface area contributed by atoms with Gasteiger partial charge in [-0.25, -0.2) is 0 Å². The summed E-state index contributed by atoms with van der Waals surface area (Å²) in [4.78, 5) is 3.35. The number of nitrogens with one attached hydrogen (secondary N) is 1. The molecule has 0 radical (unpaired) electrons. The lowest BCUT2D eigenvalue weighted by atomic mass is 10.2. The van der Waals surface area contributed by atoms with E-state index in [9.17, 15) is 0 Å². The first-order chi connectivity index (χ1) is 9.35. The molecule has 1 aliphatic heterocycles. The molecular formula is C15H19NO3. The summed E-state index contributed by atoms with van der Waals surface area (Å²) < 4.78 is 16.5. The average Bonchev–Trinajstić information content (AvgIpc) is 2.88. The van der Waals surface area contributed by atoms with Crippen molar-refractivity contribution in [2.45, 2.75) is 32.2 Å². The predicted molar refractivity (Wildman–Crippen MR) is 73.2 cm³/mol. The highest BCUT2D eigenvalue weighted by Crippen LogP contribution is 2.22. The number of fused-ring (bicyclic) bond motifs is 1. The Balaban J connectivity index is 1.67. The number of aromatic nitrogens is 1. The summed E-state index contributed by atoms with van der Waals surface area (Å²) in [5, 5.41) is 1.14. The molecule has 0 aliphatic carbocycles. The quantitative estimate of drug-likeness (QED) is 0.919. The van der Waals surface area contributed by atoms with Crippen LogP contribution in [-0.4, -0.2) is 25.0 Å². The standard InChI is InChI=1S/C15H19NO3/c1-17-13-5-6-14-11(9-13)8-12(16-14)10-19-15-4-2-3-7-18-15/h5-6,8-9,15-16H,2-4,7,10H2,1H3. The first kappa shape index (κ1) is 12.5. The van der Waals surface area contributed by atoms with Gasteiger partial charge in [-0.3, -0.25) is 0 Å². The van der Waals surface area contributed by atoms with Crippen LogP contribution in [0.1, 0.15) is 25.0 Å². The molecule has 1 saturated heterocycles. The van der Waals surface area contributed by atoms with Gasteiger partial charge in [-0.1, -0.05) is 0 Å². The van der Waals surface area contributed by atoms with Gasteiger partial charge in [0.05, 0.1) is 13.7 Å². The predicted octanol–water partition coefficient (Wildman–Crippen LogP) is 3.22. The van der Waals surface area contributed by atoms with E-state index in [1.807, 2.05) is 18.2 Å². The second-order valence-electron chi connectivity index (χ2n) is 4.85. The number of H-pyrrole nitrogens is 1. The maximum Gasteiger partial charge on any atom is 0.158 e. The van der Waals surface area contributed by atoms with Gasteiger partial charge in [0.2, 0.25) is 0 Å². The van der Waals surface area contributed by atoms with E-state index >= 15 is 0 Å². The van der Waals surface area contributed by atoms with Gasteiger partial charge in [0.15, 0.2) is 6.29 Å². The van der Waals surface area contributed by atoms with Crippen molar-refractivity contribution in [2.24, 2.45) is 0 Å². The zero-order chi connectivity index (χ0) is 13.1. The fourth-order valence-electron chi connectivity index (χ4n) is 2.40.